The predicted molar refractivity (Wildman–Crippen MR) is 97.6 cm³/mol. The zero-order valence-electron chi connectivity index (χ0n) is 14.5. The molecule has 0 amide bonds. The van der Waals surface area contributed by atoms with Gasteiger partial charge in [-0.15, -0.1) is 0 Å². The standard InChI is InChI=1S/C17H27FN4S/c1-19-16(20-12-17(21(2)3)9-10-23-13-17)22(4)11-14-5-7-15(18)8-6-14/h5-8H,9-13H2,1-4H3,(H,19,20). The lowest BCUT2D eigenvalue weighted by molar-refractivity contribution is 0.181. The number of hydrogen-bond donors (Lipinski definition) is 1. The largest absolute Gasteiger partial charge is 0.354 e. The van der Waals surface area contributed by atoms with Gasteiger partial charge in [0.1, 0.15) is 5.82 Å². The molecule has 1 saturated heterocycles. The summed E-state index contributed by atoms with van der Waals surface area (Å²) in [5.74, 6) is 3.02. The first-order valence-electron chi connectivity index (χ1n) is 7.88. The summed E-state index contributed by atoms with van der Waals surface area (Å²) < 4.78 is 13.0. The molecule has 0 saturated carbocycles. The van der Waals surface area contributed by atoms with Crippen molar-refractivity contribution in [2.45, 2.75) is 18.5 Å². The van der Waals surface area contributed by atoms with Crippen LogP contribution in [-0.2, 0) is 6.54 Å². The molecule has 0 radical (unpaired) electrons. The van der Waals surface area contributed by atoms with Gasteiger partial charge in [-0.25, -0.2) is 4.39 Å². The van der Waals surface area contributed by atoms with Crippen LogP contribution in [0.15, 0.2) is 29.3 Å². The Bertz CT molecular complexity index is 524. The smallest absolute Gasteiger partial charge is 0.193 e. The number of halogens is 1. The van der Waals surface area contributed by atoms with Crippen molar-refractivity contribution in [1.82, 2.24) is 15.1 Å². The normalized spacial score (nSPS) is 21.7. The molecule has 1 fully saturated rings. The molecule has 2 rings (SSSR count). The number of benzene rings is 1. The van der Waals surface area contributed by atoms with Crippen molar-refractivity contribution in [1.29, 1.82) is 0 Å². The Balaban J connectivity index is 1.95. The lowest BCUT2D eigenvalue weighted by Crippen LogP contribution is -2.54. The Kier molecular flexibility index (Phi) is 6.30. The highest BCUT2D eigenvalue weighted by atomic mass is 32.2. The lowest BCUT2D eigenvalue weighted by atomic mass is 9.97. The van der Waals surface area contributed by atoms with Gasteiger partial charge in [0, 0.05) is 38.5 Å². The molecule has 0 aliphatic carbocycles. The van der Waals surface area contributed by atoms with Crippen LogP contribution in [0.5, 0.6) is 0 Å². The third kappa shape index (κ3) is 4.61. The van der Waals surface area contributed by atoms with Crippen molar-refractivity contribution in [3.63, 3.8) is 0 Å². The van der Waals surface area contributed by atoms with Crippen LogP contribution in [0.1, 0.15) is 12.0 Å². The fraction of sp³-hybridized carbons (Fsp3) is 0.588. The number of rotatable bonds is 5. The van der Waals surface area contributed by atoms with E-state index < -0.39 is 0 Å². The molecule has 0 aromatic heterocycles. The maximum Gasteiger partial charge on any atom is 0.193 e. The summed E-state index contributed by atoms with van der Waals surface area (Å²) in [7, 11) is 8.11. The molecule has 6 heteroatoms. The molecule has 1 unspecified atom stereocenters. The predicted octanol–water partition coefficient (Wildman–Crippen LogP) is 2.27. The molecule has 128 valence electrons. The van der Waals surface area contributed by atoms with Crippen LogP contribution in [0.25, 0.3) is 0 Å². The maximum absolute atomic E-state index is 13.0. The average Bonchev–Trinajstić information content (AvgIpc) is 3.00. The van der Waals surface area contributed by atoms with Gasteiger partial charge in [0.05, 0.1) is 0 Å². The number of nitrogens with one attached hydrogen (secondary N) is 1. The molecule has 0 spiro atoms. The summed E-state index contributed by atoms with van der Waals surface area (Å²) >= 11 is 2.01. The fourth-order valence-electron chi connectivity index (χ4n) is 2.81. The molecule has 4 nitrogen and oxygen atoms in total. The van der Waals surface area contributed by atoms with E-state index >= 15 is 0 Å². The monoisotopic (exact) mass is 338 g/mol. The third-order valence-corrected chi connectivity index (χ3v) is 5.75. The Morgan fingerprint density at radius 3 is 2.52 bits per heavy atom. The highest BCUT2D eigenvalue weighted by Gasteiger charge is 2.36. The summed E-state index contributed by atoms with van der Waals surface area (Å²) in [5, 5.41) is 3.51. The first-order valence-corrected chi connectivity index (χ1v) is 9.04. The van der Waals surface area contributed by atoms with E-state index in [1.807, 2.05) is 30.9 Å². The summed E-state index contributed by atoms with van der Waals surface area (Å²) in [6.07, 6.45) is 1.19. The quantitative estimate of drug-likeness (QED) is 0.659. The Morgan fingerprint density at radius 1 is 1.30 bits per heavy atom. The summed E-state index contributed by atoms with van der Waals surface area (Å²) in [4.78, 5) is 8.78. The van der Waals surface area contributed by atoms with Crippen LogP contribution in [0.2, 0.25) is 0 Å². The Labute approximate surface area is 143 Å². The second-order valence-corrected chi connectivity index (χ2v) is 7.41. The van der Waals surface area contributed by atoms with E-state index in [1.54, 1.807) is 7.05 Å². The van der Waals surface area contributed by atoms with Gasteiger partial charge in [0.25, 0.3) is 0 Å². The highest BCUT2D eigenvalue weighted by molar-refractivity contribution is 7.99. The minimum atomic E-state index is -0.203. The highest BCUT2D eigenvalue weighted by Crippen LogP contribution is 2.31. The van der Waals surface area contributed by atoms with E-state index in [0.717, 1.165) is 23.8 Å². The van der Waals surface area contributed by atoms with Crippen molar-refractivity contribution in [2.75, 3.05) is 46.2 Å². The van der Waals surface area contributed by atoms with Gasteiger partial charge in [-0.05, 0) is 44.0 Å². The molecular weight excluding hydrogens is 311 g/mol. The maximum atomic E-state index is 13.0. The number of thioether (sulfide) groups is 1. The topological polar surface area (TPSA) is 30.9 Å². The van der Waals surface area contributed by atoms with Gasteiger partial charge in [0.2, 0.25) is 0 Å². The van der Waals surface area contributed by atoms with Gasteiger partial charge in [-0.2, -0.15) is 11.8 Å². The molecule has 1 aliphatic rings. The Morgan fingerprint density at radius 2 is 2.00 bits per heavy atom. The number of aliphatic imine (C=N–C) groups is 1. The molecule has 1 aromatic carbocycles. The van der Waals surface area contributed by atoms with E-state index in [-0.39, 0.29) is 11.4 Å². The SMILES string of the molecule is CN=C(NCC1(N(C)C)CCSC1)N(C)Cc1ccc(F)cc1. The van der Waals surface area contributed by atoms with Crippen LogP contribution in [0.4, 0.5) is 4.39 Å². The van der Waals surface area contributed by atoms with Crippen LogP contribution in [0.3, 0.4) is 0 Å². The van der Waals surface area contributed by atoms with Gasteiger partial charge in [-0.1, -0.05) is 12.1 Å². The number of hydrogen-bond acceptors (Lipinski definition) is 3. The van der Waals surface area contributed by atoms with Crippen molar-refractivity contribution >= 4 is 17.7 Å². The lowest BCUT2D eigenvalue weighted by Gasteiger charge is -2.37. The van der Waals surface area contributed by atoms with Gasteiger partial charge < -0.3 is 15.1 Å². The van der Waals surface area contributed by atoms with Crippen molar-refractivity contribution in [3.05, 3.63) is 35.6 Å². The first-order chi connectivity index (χ1) is 11.0. The molecule has 1 atom stereocenters. The second-order valence-electron chi connectivity index (χ2n) is 6.30. The number of likely N-dealkylation sites (N-methyl/N-ethyl adjacent to an activating group) is 1. The van der Waals surface area contributed by atoms with Crippen molar-refractivity contribution < 1.29 is 4.39 Å². The average molecular weight is 338 g/mol. The van der Waals surface area contributed by atoms with Crippen LogP contribution >= 0.6 is 11.8 Å². The molecule has 1 aromatic rings. The number of nitrogens with zero attached hydrogens (tertiary/aromatic N) is 3. The minimum absolute atomic E-state index is 0.192. The van der Waals surface area contributed by atoms with E-state index in [2.05, 4.69) is 34.2 Å². The minimum Gasteiger partial charge on any atom is -0.354 e. The molecule has 1 aliphatic heterocycles. The van der Waals surface area contributed by atoms with Gasteiger partial charge in [-0.3, -0.25) is 4.99 Å². The molecule has 1 N–H and O–H groups in total. The zero-order chi connectivity index (χ0) is 16.9. The molecule has 23 heavy (non-hydrogen) atoms. The molecule has 0 bridgehead atoms. The zero-order valence-corrected chi connectivity index (χ0v) is 15.3. The summed E-state index contributed by atoms with van der Waals surface area (Å²) in [6, 6.07) is 6.62. The van der Waals surface area contributed by atoms with E-state index in [1.165, 1.54) is 24.3 Å². The molecular formula is C17H27FN4S. The van der Waals surface area contributed by atoms with E-state index in [0.29, 0.717) is 6.54 Å². The summed E-state index contributed by atoms with van der Waals surface area (Å²) in [6.45, 7) is 1.58. The first kappa shape index (κ1) is 18.1. The van der Waals surface area contributed by atoms with Gasteiger partial charge >= 0.3 is 0 Å². The fourth-order valence-corrected chi connectivity index (χ4v) is 4.37. The van der Waals surface area contributed by atoms with Crippen LogP contribution < -0.4 is 5.32 Å². The summed E-state index contributed by atoms with van der Waals surface area (Å²) in [5.41, 5.74) is 1.26. The number of guanidine groups is 1. The van der Waals surface area contributed by atoms with E-state index in [4.69, 9.17) is 0 Å². The van der Waals surface area contributed by atoms with Crippen molar-refractivity contribution in [3.8, 4) is 0 Å². The molecule has 1 heterocycles. The van der Waals surface area contributed by atoms with E-state index in [9.17, 15) is 4.39 Å². The van der Waals surface area contributed by atoms with Crippen LogP contribution in [-0.4, -0.2) is 67.5 Å². The van der Waals surface area contributed by atoms with Gasteiger partial charge in [0.15, 0.2) is 5.96 Å². The Hall–Kier alpha value is -1.27. The third-order valence-electron chi connectivity index (χ3n) is 4.51. The second kappa shape index (κ2) is 8.02. The van der Waals surface area contributed by atoms with Crippen molar-refractivity contribution in [2.24, 2.45) is 4.99 Å². The van der Waals surface area contributed by atoms with Crippen LogP contribution in [0, 0.1) is 5.82 Å².